The van der Waals surface area contributed by atoms with Gasteiger partial charge >= 0.3 is 6.03 Å². The van der Waals surface area contributed by atoms with Crippen molar-refractivity contribution in [3.05, 3.63) is 58.6 Å². The number of carbonyl (C=O) groups is 1. The molecule has 0 bridgehead atoms. The highest BCUT2D eigenvalue weighted by atomic mass is 35.5. The number of benzene rings is 1. The maximum absolute atomic E-state index is 13.3. The Bertz CT molecular complexity index is 862. The van der Waals surface area contributed by atoms with Gasteiger partial charge in [-0.1, -0.05) is 29.8 Å². The lowest BCUT2D eigenvalue weighted by molar-refractivity contribution is 0.215. The van der Waals surface area contributed by atoms with Gasteiger partial charge in [-0.05, 0) is 36.8 Å². The summed E-state index contributed by atoms with van der Waals surface area (Å²) in [5.74, 6) is -0.520. The summed E-state index contributed by atoms with van der Waals surface area (Å²) in [5, 5.41) is 3.29. The third kappa shape index (κ3) is 4.51. The van der Waals surface area contributed by atoms with E-state index in [-0.39, 0.29) is 11.1 Å². The SMILES string of the molecule is C=Cc1nccc(N2CCCN(C(=O)Nc3ccc(F)c(Cl)c3)CC2)c1Cl. The summed E-state index contributed by atoms with van der Waals surface area (Å²) in [4.78, 5) is 20.6. The fraction of sp³-hybridized carbons (Fsp3) is 0.263. The predicted molar refractivity (Wildman–Crippen MR) is 108 cm³/mol. The minimum Gasteiger partial charge on any atom is -0.368 e. The van der Waals surface area contributed by atoms with Gasteiger partial charge < -0.3 is 15.1 Å². The third-order valence-electron chi connectivity index (χ3n) is 4.38. The van der Waals surface area contributed by atoms with E-state index < -0.39 is 5.82 Å². The fourth-order valence-corrected chi connectivity index (χ4v) is 3.46. The number of anilines is 2. The molecule has 0 saturated carbocycles. The first kappa shape index (κ1) is 19.5. The standard InChI is InChI=1S/C19H19Cl2FN4O/c1-2-16-18(21)17(6-7-23-16)25-8-3-9-26(11-10-25)19(27)24-13-4-5-15(22)14(20)12-13/h2,4-7,12H,1,3,8-11H2,(H,24,27). The molecule has 0 spiro atoms. The molecule has 5 nitrogen and oxygen atoms in total. The Labute approximate surface area is 167 Å². The summed E-state index contributed by atoms with van der Waals surface area (Å²) in [6.45, 7) is 6.27. The van der Waals surface area contributed by atoms with Crippen molar-refractivity contribution in [2.75, 3.05) is 36.4 Å². The van der Waals surface area contributed by atoms with Crippen molar-refractivity contribution < 1.29 is 9.18 Å². The van der Waals surface area contributed by atoms with Crippen LogP contribution >= 0.6 is 23.2 Å². The Balaban J connectivity index is 1.66. The molecule has 1 aromatic carbocycles. The lowest BCUT2D eigenvalue weighted by atomic mass is 10.2. The molecule has 0 radical (unpaired) electrons. The number of nitrogens with one attached hydrogen (secondary N) is 1. The Morgan fingerprint density at radius 2 is 2.04 bits per heavy atom. The molecule has 2 heterocycles. The molecule has 0 aliphatic carbocycles. The zero-order valence-electron chi connectivity index (χ0n) is 14.6. The van der Waals surface area contributed by atoms with E-state index in [0.717, 1.165) is 18.7 Å². The van der Waals surface area contributed by atoms with Crippen LogP contribution in [-0.2, 0) is 0 Å². The zero-order valence-corrected chi connectivity index (χ0v) is 16.1. The second-order valence-corrected chi connectivity index (χ2v) is 6.91. The van der Waals surface area contributed by atoms with Gasteiger partial charge in [-0.2, -0.15) is 0 Å². The van der Waals surface area contributed by atoms with Crippen LogP contribution in [0.15, 0.2) is 37.0 Å². The third-order valence-corrected chi connectivity index (χ3v) is 5.06. The number of hydrogen-bond acceptors (Lipinski definition) is 3. The normalized spacial score (nSPS) is 14.6. The van der Waals surface area contributed by atoms with Gasteiger partial charge in [-0.3, -0.25) is 4.98 Å². The van der Waals surface area contributed by atoms with Crippen molar-refractivity contribution in [1.29, 1.82) is 0 Å². The van der Waals surface area contributed by atoms with Gasteiger partial charge in [-0.15, -0.1) is 0 Å². The summed E-state index contributed by atoms with van der Waals surface area (Å²) < 4.78 is 13.3. The molecule has 1 N–H and O–H groups in total. The molecular formula is C19H19Cl2FN4O. The number of rotatable bonds is 3. The molecular weight excluding hydrogens is 390 g/mol. The molecule has 2 aromatic rings. The molecule has 1 aromatic heterocycles. The molecule has 8 heteroatoms. The van der Waals surface area contributed by atoms with Gasteiger partial charge in [0.2, 0.25) is 0 Å². The number of carbonyl (C=O) groups excluding carboxylic acids is 1. The van der Waals surface area contributed by atoms with Gasteiger partial charge in [0.1, 0.15) is 5.82 Å². The number of aromatic nitrogens is 1. The number of hydrogen-bond donors (Lipinski definition) is 1. The van der Waals surface area contributed by atoms with Crippen molar-refractivity contribution in [3.63, 3.8) is 0 Å². The van der Waals surface area contributed by atoms with E-state index in [4.69, 9.17) is 23.2 Å². The van der Waals surface area contributed by atoms with Gasteiger partial charge in [0, 0.05) is 38.1 Å². The molecule has 1 aliphatic rings. The number of amides is 2. The average Bonchev–Trinajstić information content (AvgIpc) is 2.91. The molecule has 3 rings (SSSR count). The average molecular weight is 409 g/mol. The van der Waals surface area contributed by atoms with E-state index in [1.807, 2.05) is 6.07 Å². The molecule has 0 unspecified atom stereocenters. The quantitative estimate of drug-likeness (QED) is 0.784. The molecule has 2 amide bonds. The van der Waals surface area contributed by atoms with E-state index in [2.05, 4.69) is 21.8 Å². The summed E-state index contributed by atoms with van der Waals surface area (Å²) in [7, 11) is 0. The summed E-state index contributed by atoms with van der Waals surface area (Å²) in [6, 6.07) is 5.73. The second-order valence-electron chi connectivity index (χ2n) is 6.12. The highest BCUT2D eigenvalue weighted by Crippen LogP contribution is 2.29. The maximum atomic E-state index is 13.3. The number of nitrogens with zero attached hydrogens (tertiary/aromatic N) is 3. The summed E-state index contributed by atoms with van der Waals surface area (Å²) in [6.07, 6.45) is 4.11. The van der Waals surface area contributed by atoms with Crippen molar-refractivity contribution >= 4 is 46.7 Å². The molecule has 142 valence electrons. The topological polar surface area (TPSA) is 48.5 Å². The van der Waals surface area contributed by atoms with Crippen LogP contribution in [0.4, 0.5) is 20.6 Å². The minimum absolute atomic E-state index is 0.0276. The van der Waals surface area contributed by atoms with Crippen LogP contribution in [0.3, 0.4) is 0 Å². The van der Waals surface area contributed by atoms with E-state index in [9.17, 15) is 9.18 Å². The number of urea groups is 1. The molecule has 1 fully saturated rings. The zero-order chi connectivity index (χ0) is 19.4. The van der Waals surface area contributed by atoms with Crippen molar-refractivity contribution in [2.45, 2.75) is 6.42 Å². The van der Waals surface area contributed by atoms with Crippen molar-refractivity contribution in [1.82, 2.24) is 9.88 Å². The van der Waals surface area contributed by atoms with Gasteiger partial charge in [0.25, 0.3) is 0 Å². The lowest BCUT2D eigenvalue weighted by Crippen LogP contribution is -2.38. The van der Waals surface area contributed by atoms with Crippen LogP contribution < -0.4 is 10.2 Å². The van der Waals surface area contributed by atoms with Crippen LogP contribution in [0.1, 0.15) is 12.1 Å². The van der Waals surface area contributed by atoms with Crippen LogP contribution in [0, 0.1) is 5.82 Å². The largest absolute Gasteiger partial charge is 0.368 e. The Morgan fingerprint density at radius 3 is 2.78 bits per heavy atom. The first-order valence-electron chi connectivity index (χ1n) is 8.52. The highest BCUT2D eigenvalue weighted by Gasteiger charge is 2.21. The van der Waals surface area contributed by atoms with Crippen molar-refractivity contribution in [2.24, 2.45) is 0 Å². The second kappa shape index (κ2) is 8.59. The Morgan fingerprint density at radius 1 is 1.22 bits per heavy atom. The Hall–Kier alpha value is -2.31. The van der Waals surface area contributed by atoms with E-state index >= 15 is 0 Å². The van der Waals surface area contributed by atoms with Gasteiger partial charge in [0.05, 0.1) is 21.4 Å². The minimum atomic E-state index is -0.520. The van der Waals surface area contributed by atoms with Crippen LogP contribution in [0.25, 0.3) is 6.08 Å². The maximum Gasteiger partial charge on any atom is 0.321 e. The highest BCUT2D eigenvalue weighted by molar-refractivity contribution is 6.34. The predicted octanol–water partition coefficient (Wildman–Crippen LogP) is 4.91. The Kier molecular flexibility index (Phi) is 6.19. The smallest absolute Gasteiger partial charge is 0.321 e. The van der Waals surface area contributed by atoms with E-state index in [1.54, 1.807) is 17.2 Å². The van der Waals surface area contributed by atoms with E-state index in [1.165, 1.54) is 18.2 Å². The first-order chi connectivity index (χ1) is 13.0. The van der Waals surface area contributed by atoms with Crippen LogP contribution in [-0.4, -0.2) is 42.1 Å². The first-order valence-corrected chi connectivity index (χ1v) is 9.28. The lowest BCUT2D eigenvalue weighted by Gasteiger charge is -2.25. The summed E-state index contributed by atoms with van der Waals surface area (Å²) >= 11 is 12.2. The fourth-order valence-electron chi connectivity index (χ4n) is 2.97. The molecule has 1 saturated heterocycles. The van der Waals surface area contributed by atoms with Gasteiger partial charge in [-0.25, -0.2) is 9.18 Å². The van der Waals surface area contributed by atoms with Crippen LogP contribution in [0.2, 0.25) is 10.0 Å². The molecule has 1 aliphatic heterocycles. The van der Waals surface area contributed by atoms with Crippen molar-refractivity contribution in [3.8, 4) is 0 Å². The number of pyridine rings is 1. The van der Waals surface area contributed by atoms with Crippen LogP contribution in [0.5, 0.6) is 0 Å². The molecule has 27 heavy (non-hydrogen) atoms. The summed E-state index contributed by atoms with van der Waals surface area (Å²) in [5.41, 5.74) is 1.98. The number of halogens is 3. The van der Waals surface area contributed by atoms with Gasteiger partial charge in [0.15, 0.2) is 0 Å². The monoisotopic (exact) mass is 408 g/mol. The van der Waals surface area contributed by atoms with E-state index in [0.29, 0.717) is 36.0 Å². The molecule has 0 atom stereocenters.